The highest BCUT2D eigenvalue weighted by atomic mass is 16.6. The zero-order chi connectivity index (χ0) is 20.4. The van der Waals surface area contributed by atoms with E-state index in [2.05, 4.69) is 10.2 Å². The van der Waals surface area contributed by atoms with Gasteiger partial charge in [0.2, 0.25) is 0 Å². The van der Waals surface area contributed by atoms with Gasteiger partial charge in [-0.1, -0.05) is 12.1 Å². The van der Waals surface area contributed by atoms with E-state index in [1.54, 1.807) is 53.5 Å². The monoisotopic (exact) mass is 382 g/mol. The summed E-state index contributed by atoms with van der Waals surface area (Å²) in [6.07, 6.45) is 3.61. The third-order valence-corrected chi connectivity index (χ3v) is 4.58. The lowest BCUT2D eigenvalue weighted by Crippen LogP contribution is -2.26. The Morgan fingerprint density at radius 3 is 2.43 bits per heavy atom. The average molecular weight is 382 g/mol. The van der Waals surface area contributed by atoms with Gasteiger partial charge >= 0.3 is 5.69 Å². The lowest BCUT2D eigenvalue weighted by atomic mass is 10.1. The van der Waals surface area contributed by atoms with Crippen molar-refractivity contribution in [1.82, 2.24) is 24.5 Å². The third kappa shape index (κ3) is 3.93. The first-order chi connectivity index (χ1) is 13.3. The first-order valence-corrected chi connectivity index (χ1v) is 8.76. The van der Waals surface area contributed by atoms with Crippen LogP contribution in [0.3, 0.4) is 0 Å². The summed E-state index contributed by atoms with van der Waals surface area (Å²) >= 11 is 0. The maximum atomic E-state index is 12.6. The molecule has 3 aromatic rings. The molecule has 0 aliphatic rings. The molecule has 3 rings (SSSR count). The second kappa shape index (κ2) is 7.63. The number of amides is 1. The minimum Gasteiger partial charge on any atom is -0.337 e. The highest BCUT2D eigenvalue weighted by molar-refractivity contribution is 5.94. The largest absolute Gasteiger partial charge is 0.337 e. The number of nitro groups is 1. The molecule has 0 aliphatic heterocycles. The number of hydrogen-bond acceptors (Lipinski definition) is 5. The first kappa shape index (κ1) is 19.3. The van der Waals surface area contributed by atoms with E-state index in [0.717, 1.165) is 11.1 Å². The molecule has 2 aromatic heterocycles. The summed E-state index contributed by atoms with van der Waals surface area (Å²) in [5.41, 5.74) is 3.40. The summed E-state index contributed by atoms with van der Waals surface area (Å²) in [6, 6.07) is 7.20. The van der Waals surface area contributed by atoms with E-state index in [-0.39, 0.29) is 11.6 Å². The minimum atomic E-state index is -0.409. The molecule has 1 aromatic carbocycles. The zero-order valence-corrected chi connectivity index (χ0v) is 16.3. The van der Waals surface area contributed by atoms with E-state index >= 15 is 0 Å². The molecule has 2 heterocycles. The predicted octanol–water partition coefficient (Wildman–Crippen LogP) is 2.46. The second-order valence-electron chi connectivity index (χ2n) is 6.81. The van der Waals surface area contributed by atoms with Crippen molar-refractivity contribution in [2.24, 2.45) is 7.05 Å². The highest BCUT2D eigenvalue weighted by Gasteiger charge is 2.21. The predicted molar refractivity (Wildman–Crippen MR) is 103 cm³/mol. The molecular formula is C19H22N6O3. The van der Waals surface area contributed by atoms with Crippen molar-refractivity contribution in [1.29, 1.82) is 0 Å². The highest BCUT2D eigenvalue weighted by Crippen LogP contribution is 2.22. The van der Waals surface area contributed by atoms with Crippen molar-refractivity contribution >= 4 is 11.6 Å². The molecule has 0 unspecified atom stereocenters. The molecule has 0 aliphatic carbocycles. The Bertz CT molecular complexity index is 1020. The first-order valence-electron chi connectivity index (χ1n) is 8.76. The fourth-order valence-corrected chi connectivity index (χ4v) is 3.15. The molecule has 0 atom stereocenters. The lowest BCUT2D eigenvalue weighted by molar-refractivity contribution is -0.386. The van der Waals surface area contributed by atoms with E-state index in [4.69, 9.17) is 0 Å². The maximum Gasteiger partial charge on any atom is 0.312 e. The number of rotatable bonds is 6. The molecule has 9 heteroatoms. The zero-order valence-electron chi connectivity index (χ0n) is 16.3. The van der Waals surface area contributed by atoms with Gasteiger partial charge in [0.1, 0.15) is 11.4 Å². The average Bonchev–Trinajstić information content (AvgIpc) is 3.17. The van der Waals surface area contributed by atoms with Gasteiger partial charge in [-0.15, -0.1) is 0 Å². The Labute approximate surface area is 162 Å². The summed E-state index contributed by atoms with van der Waals surface area (Å²) in [4.78, 5) is 25.0. The van der Waals surface area contributed by atoms with Crippen LogP contribution in [0.2, 0.25) is 0 Å². The van der Waals surface area contributed by atoms with E-state index < -0.39 is 4.92 Å². The fraction of sp³-hybridized carbons (Fsp3) is 0.316. The number of nitrogens with zero attached hydrogens (tertiary/aromatic N) is 6. The van der Waals surface area contributed by atoms with Gasteiger partial charge in [-0.2, -0.15) is 10.2 Å². The van der Waals surface area contributed by atoms with Crippen molar-refractivity contribution in [2.75, 3.05) is 7.05 Å². The van der Waals surface area contributed by atoms with Crippen LogP contribution in [-0.2, 0) is 20.1 Å². The van der Waals surface area contributed by atoms with Crippen LogP contribution in [0.1, 0.15) is 32.9 Å². The molecule has 0 fully saturated rings. The summed E-state index contributed by atoms with van der Waals surface area (Å²) in [6.45, 7) is 4.19. The van der Waals surface area contributed by atoms with Gasteiger partial charge in [0.25, 0.3) is 5.91 Å². The third-order valence-electron chi connectivity index (χ3n) is 4.58. The van der Waals surface area contributed by atoms with Crippen LogP contribution in [0.15, 0.2) is 36.7 Å². The van der Waals surface area contributed by atoms with Crippen LogP contribution >= 0.6 is 0 Å². The Morgan fingerprint density at radius 2 is 1.89 bits per heavy atom. The molecule has 0 N–H and O–H groups in total. The van der Waals surface area contributed by atoms with Gasteiger partial charge < -0.3 is 4.90 Å². The van der Waals surface area contributed by atoms with Crippen LogP contribution < -0.4 is 0 Å². The molecule has 0 saturated heterocycles. The van der Waals surface area contributed by atoms with Gasteiger partial charge in [-0.25, -0.2) is 0 Å². The van der Waals surface area contributed by atoms with Crippen LogP contribution in [0.25, 0.3) is 0 Å². The van der Waals surface area contributed by atoms with Crippen molar-refractivity contribution in [2.45, 2.75) is 26.9 Å². The molecular weight excluding hydrogens is 360 g/mol. The Hall–Kier alpha value is -3.49. The van der Waals surface area contributed by atoms with Gasteiger partial charge in [-0.3, -0.25) is 24.3 Å². The number of carbonyl (C=O) groups excluding carboxylic acids is 1. The molecule has 9 nitrogen and oxygen atoms in total. The summed E-state index contributed by atoms with van der Waals surface area (Å²) < 4.78 is 3.31. The number of aryl methyl sites for hydroxylation is 2. The Balaban J connectivity index is 1.70. The Kier molecular flexibility index (Phi) is 5.25. The molecule has 0 bridgehead atoms. The molecule has 146 valence electrons. The van der Waals surface area contributed by atoms with Crippen molar-refractivity contribution in [3.05, 3.63) is 74.9 Å². The van der Waals surface area contributed by atoms with Crippen molar-refractivity contribution in [3.8, 4) is 0 Å². The van der Waals surface area contributed by atoms with Crippen LogP contribution in [0.4, 0.5) is 5.69 Å². The lowest BCUT2D eigenvalue weighted by Gasteiger charge is -2.16. The van der Waals surface area contributed by atoms with E-state index in [9.17, 15) is 14.9 Å². The molecule has 28 heavy (non-hydrogen) atoms. The number of aromatic nitrogens is 4. The standard InChI is InChI=1S/C19H22N6O3/c1-13-18(25(27)28)14(2)24(21-13)12-15-5-7-17(8-6-15)19(26)22(3)10-16-9-20-23(4)11-16/h5-9,11H,10,12H2,1-4H3. The normalized spacial score (nSPS) is 10.9. The Morgan fingerprint density at radius 1 is 1.21 bits per heavy atom. The molecule has 0 saturated carbocycles. The van der Waals surface area contributed by atoms with Crippen LogP contribution in [-0.4, -0.2) is 42.3 Å². The van der Waals surface area contributed by atoms with Crippen LogP contribution in [0.5, 0.6) is 0 Å². The van der Waals surface area contributed by atoms with Crippen LogP contribution in [0, 0.1) is 24.0 Å². The molecule has 0 radical (unpaired) electrons. The second-order valence-corrected chi connectivity index (χ2v) is 6.81. The maximum absolute atomic E-state index is 12.6. The number of carbonyl (C=O) groups is 1. The van der Waals surface area contributed by atoms with Gasteiger partial charge in [-0.05, 0) is 31.5 Å². The SMILES string of the molecule is Cc1nn(Cc2ccc(C(=O)N(C)Cc3cnn(C)c3)cc2)c(C)c1[N+](=O)[O-]. The summed E-state index contributed by atoms with van der Waals surface area (Å²) in [5.74, 6) is -0.0860. The smallest absolute Gasteiger partial charge is 0.312 e. The summed E-state index contributed by atoms with van der Waals surface area (Å²) in [5, 5.41) is 19.5. The van der Waals surface area contributed by atoms with E-state index in [1.807, 2.05) is 25.4 Å². The fourth-order valence-electron chi connectivity index (χ4n) is 3.15. The molecule has 1 amide bonds. The van der Waals surface area contributed by atoms with E-state index in [0.29, 0.717) is 30.0 Å². The number of benzene rings is 1. The van der Waals surface area contributed by atoms with Gasteiger partial charge in [0.15, 0.2) is 0 Å². The topological polar surface area (TPSA) is 99.1 Å². The summed E-state index contributed by atoms with van der Waals surface area (Å²) in [7, 11) is 3.58. The number of hydrogen-bond donors (Lipinski definition) is 0. The minimum absolute atomic E-state index is 0.0452. The van der Waals surface area contributed by atoms with Crippen molar-refractivity contribution in [3.63, 3.8) is 0 Å². The van der Waals surface area contributed by atoms with E-state index in [1.165, 1.54) is 0 Å². The van der Waals surface area contributed by atoms with Crippen molar-refractivity contribution < 1.29 is 9.72 Å². The van der Waals surface area contributed by atoms with Gasteiger partial charge in [0.05, 0.1) is 17.7 Å². The molecule has 0 spiro atoms. The quantitative estimate of drug-likeness (QED) is 0.482. The van der Waals surface area contributed by atoms with Gasteiger partial charge in [0, 0.05) is 38.0 Å².